The third kappa shape index (κ3) is 3.99. The molecule has 0 radical (unpaired) electrons. The maximum atomic E-state index is 12.3. The number of ether oxygens (including phenoxy) is 1. The van der Waals surface area contributed by atoms with Crippen LogP contribution in [-0.4, -0.2) is 29.5 Å². The largest absolute Gasteiger partial charge is 0.497 e. The summed E-state index contributed by atoms with van der Waals surface area (Å²) in [6.07, 6.45) is 0.684. The summed E-state index contributed by atoms with van der Waals surface area (Å²) in [6, 6.07) is 15.6. The van der Waals surface area contributed by atoms with Crippen LogP contribution >= 0.6 is 22.7 Å². The van der Waals surface area contributed by atoms with Gasteiger partial charge in [0.15, 0.2) is 5.01 Å². The number of hydrogen-bond donors (Lipinski definition) is 1. The van der Waals surface area contributed by atoms with Gasteiger partial charge in [-0.25, -0.2) is 9.97 Å². The summed E-state index contributed by atoms with van der Waals surface area (Å²) < 4.78 is 6.20. The number of rotatable bonds is 6. The molecule has 2 aromatic heterocycles. The lowest BCUT2D eigenvalue weighted by Crippen LogP contribution is -2.25. The van der Waals surface area contributed by atoms with Crippen LogP contribution in [-0.2, 0) is 6.42 Å². The number of thiazole rings is 2. The Balaban J connectivity index is 1.35. The molecule has 136 valence electrons. The predicted molar refractivity (Wildman–Crippen MR) is 110 cm³/mol. The number of methoxy groups -OCH3 is 1. The first-order valence-corrected chi connectivity index (χ1v) is 10.1. The zero-order chi connectivity index (χ0) is 18.6. The highest BCUT2D eigenvalue weighted by Gasteiger charge is 2.12. The van der Waals surface area contributed by atoms with Gasteiger partial charge in [0.05, 0.1) is 23.0 Å². The van der Waals surface area contributed by atoms with E-state index in [4.69, 9.17) is 4.74 Å². The molecule has 0 saturated carbocycles. The van der Waals surface area contributed by atoms with E-state index in [2.05, 4.69) is 15.3 Å². The van der Waals surface area contributed by atoms with Crippen LogP contribution in [0.3, 0.4) is 0 Å². The molecule has 0 spiro atoms. The van der Waals surface area contributed by atoms with Crippen LogP contribution in [0.2, 0.25) is 0 Å². The molecule has 7 heteroatoms. The summed E-state index contributed by atoms with van der Waals surface area (Å²) in [5, 5.41) is 6.42. The molecule has 0 aliphatic heterocycles. The monoisotopic (exact) mass is 395 g/mol. The molecule has 0 saturated heterocycles. The molecule has 27 heavy (non-hydrogen) atoms. The highest BCUT2D eigenvalue weighted by Crippen LogP contribution is 2.26. The molecular weight excluding hydrogens is 378 g/mol. The van der Waals surface area contributed by atoms with Gasteiger partial charge < -0.3 is 10.1 Å². The van der Waals surface area contributed by atoms with Crippen molar-refractivity contribution in [2.24, 2.45) is 0 Å². The van der Waals surface area contributed by atoms with E-state index in [-0.39, 0.29) is 5.91 Å². The van der Waals surface area contributed by atoms with E-state index in [0.717, 1.165) is 32.2 Å². The zero-order valence-corrected chi connectivity index (χ0v) is 16.3. The minimum atomic E-state index is -0.137. The Morgan fingerprint density at radius 2 is 1.93 bits per heavy atom. The van der Waals surface area contributed by atoms with Crippen molar-refractivity contribution >= 4 is 38.8 Å². The summed E-state index contributed by atoms with van der Waals surface area (Å²) in [6.45, 7) is 0.528. The number of aromatic nitrogens is 2. The van der Waals surface area contributed by atoms with Crippen LogP contribution in [0.1, 0.15) is 15.5 Å². The standard InChI is InChI=1S/C20H17N3O2S2/c1-25-15-8-6-13(7-9-15)19-22-14(12-26-19)10-11-21-18(24)20-23-16-4-2-3-5-17(16)27-20/h2-9,12H,10-11H2,1H3,(H,21,24). The number of fused-ring (bicyclic) bond motifs is 1. The van der Waals surface area contributed by atoms with E-state index in [1.54, 1.807) is 18.4 Å². The van der Waals surface area contributed by atoms with Gasteiger partial charge >= 0.3 is 0 Å². The van der Waals surface area contributed by atoms with E-state index in [0.29, 0.717) is 18.0 Å². The Morgan fingerprint density at radius 3 is 2.70 bits per heavy atom. The molecule has 0 fully saturated rings. The molecule has 0 bridgehead atoms. The highest BCUT2D eigenvalue weighted by molar-refractivity contribution is 7.20. The lowest BCUT2D eigenvalue weighted by Gasteiger charge is -2.01. The maximum Gasteiger partial charge on any atom is 0.280 e. The van der Waals surface area contributed by atoms with Gasteiger partial charge in [-0.05, 0) is 36.4 Å². The van der Waals surface area contributed by atoms with Crippen LogP contribution in [0.15, 0.2) is 53.9 Å². The normalized spacial score (nSPS) is 10.9. The Kier molecular flexibility index (Phi) is 5.13. The third-order valence-corrected chi connectivity index (χ3v) is 6.02. The van der Waals surface area contributed by atoms with Crippen LogP contribution in [0, 0.1) is 0 Å². The first-order valence-electron chi connectivity index (χ1n) is 8.45. The van der Waals surface area contributed by atoms with Crippen molar-refractivity contribution in [3.63, 3.8) is 0 Å². The van der Waals surface area contributed by atoms with E-state index < -0.39 is 0 Å². The second-order valence-electron chi connectivity index (χ2n) is 5.87. The Morgan fingerprint density at radius 1 is 1.11 bits per heavy atom. The molecule has 4 aromatic rings. The second kappa shape index (κ2) is 7.85. The quantitative estimate of drug-likeness (QED) is 0.525. The Hall–Kier alpha value is -2.77. The summed E-state index contributed by atoms with van der Waals surface area (Å²) >= 11 is 3.01. The topological polar surface area (TPSA) is 64.1 Å². The van der Waals surface area contributed by atoms with Crippen molar-refractivity contribution in [3.8, 4) is 16.3 Å². The summed E-state index contributed by atoms with van der Waals surface area (Å²) in [5.41, 5.74) is 2.89. The number of carbonyl (C=O) groups is 1. The van der Waals surface area contributed by atoms with Gasteiger partial charge in [0.2, 0.25) is 0 Å². The summed E-state index contributed by atoms with van der Waals surface area (Å²) in [5.74, 6) is 0.690. The lowest BCUT2D eigenvalue weighted by molar-refractivity contribution is 0.0954. The first-order chi connectivity index (χ1) is 13.2. The lowest BCUT2D eigenvalue weighted by atomic mass is 10.2. The molecule has 0 unspecified atom stereocenters. The molecule has 2 aromatic carbocycles. The van der Waals surface area contributed by atoms with Crippen molar-refractivity contribution in [2.45, 2.75) is 6.42 Å². The maximum absolute atomic E-state index is 12.3. The molecule has 0 atom stereocenters. The van der Waals surface area contributed by atoms with Gasteiger partial charge in [0, 0.05) is 23.9 Å². The average molecular weight is 396 g/mol. The molecule has 1 amide bonds. The molecular formula is C20H17N3O2S2. The number of nitrogens with one attached hydrogen (secondary N) is 1. The van der Waals surface area contributed by atoms with E-state index in [9.17, 15) is 4.79 Å². The average Bonchev–Trinajstić information content (AvgIpc) is 3.35. The first kappa shape index (κ1) is 17.6. The van der Waals surface area contributed by atoms with Crippen LogP contribution in [0.25, 0.3) is 20.8 Å². The van der Waals surface area contributed by atoms with Gasteiger partial charge in [-0.1, -0.05) is 12.1 Å². The predicted octanol–water partition coefficient (Wildman–Crippen LogP) is 4.40. The van der Waals surface area contributed by atoms with Crippen molar-refractivity contribution in [3.05, 3.63) is 64.6 Å². The molecule has 2 heterocycles. The number of nitrogens with zero attached hydrogens (tertiary/aromatic N) is 2. The summed E-state index contributed by atoms with van der Waals surface area (Å²) in [7, 11) is 1.65. The Labute approximate surface area is 164 Å². The number of carbonyl (C=O) groups excluding carboxylic acids is 1. The van der Waals surface area contributed by atoms with Gasteiger partial charge in [-0.2, -0.15) is 0 Å². The van der Waals surface area contributed by atoms with Gasteiger partial charge in [0.25, 0.3) is 5.91 Å². The van der Waals surface area contributed by atoms with Gasteiger partial charge in [0.1, 0.15) is 10.8 Å². The Bertz CT molecular complexity index is 1040. The fourth-order valence-corrected chi connectivity index (χ4v) is 4.38. The number of benzene rings is 2. The number of hydrogen-bond acceptors (Lipinski definition) is 6. The van der Waals surface area contributed by atoms with Crippen molar-refractivity contribution in [2.75, 3.05) is 13.7 Å². The molecule has 5 nitrogen and oxygen atoms in total. The van der Waals surface area contributed by atoms with Crippen molar-refractivity contribution < 1.29 is 9.53 Å². The van der Waals surface area contributed by atoms with E-state index in [1.165, 1.54) is 11.3 Å². The molecule has 0 aliphatic rings. The van der Waals surface area contributed by atoms with Crippen LogP contribution in [0.5, 0.6) is 5.75 Å². The van der Waals surface area contributed by atoms with Crippen molar-refractivity contribution in [1.29, 1.82) is 0 Å². The van der Waals surface area contributed by atoms with Crippen LogP contribution < -0.4 is 10.1 Å². The smallest absolute Gasteiger partial charge is 0.280 e. The second-order valence-corrected chi connectivity index (χ2v) is 7.75. The molecule has 1 N–H and O–H groups in total. The van der Waals surface area contributed by atoms with Crippen LogP contribution in [0.4, 0.5) is 0 Å². The third-order valence-electron chi connectivity index (χ3n) is 4.04. The fourth-order valence-electron chi connectivity index (χ4n) is 2.64. The van der Waals surface area contributed by atoms with Gasteiger partial charge in [-0.15, -0.1) is 22.7 Å². The highest BCUT2D eigenvalue weighted by atomic mass is 32.1. The summed E-state index contributed by atoms with van der Waals surface area (Å²) in [4.78, 5) is 21.3. The molecule has 0 aliphatic carbocycles. The SMILES string of the molecule is COc1ccc(-c2nc(CCNC(=O)c3nc4ccccc4s3)cs2)cc1. The van der Waals surface area contributed by atoms with E-state index >= 15 is 0 Å². The van der Waals surface area contributed by atoms with Gasteiger partial charge in [-0.3, -0.25) is 4.79 Å². The molecule has 4 rings (SSSR count). The minimum Gasteiger partial charge on any atom is -0.497 e. The van der Waals surface area contributed by atoms with E-state index in [1.807, 2.05) is 53.9 Å². The van der Waals surface area contributed by atoms with Crippen molar-refractivity contribution in [1.82, 2.24) is 15.3 Å². The fraction of sp³-hybridized carbons (Fsp3) is 0.150. The zero-order valence-electron chi connectivity index (χ0n) is 14.6. The number of para-hydroxylation sites is 1. The minimum absolute atomic E-state index is 0.137. The number of amides is 1.